The summed E-state index contributed by atoms with van der Waals surface area (Å²) in [5.41, 5.74) is 0.600. The number of nitrogens with one attached hydrogen (secondary N) is 1. The second-order valence-electron chi connectivity index (χ2n) is 3.78. The van der Waals surface area contributed by atoms with Crippen LogP contribution in [0.1, 0.15) is 15.9 Å². The highest BCUT2D eigenvalue weighted by atomic mass is 16.6. The van der Waals surface area contributed by atoms with Crippen molar-refractivity contribution in [3.8, 4) is 0 Å². The molecule has 0 bridgehead atoms. The van der Waals surface area contributed by atoms with E-state index in [2.05, 4.69) is 5.32 Å². The predicted molar refractivity (Wildman–Crippen MR) is 66.1 cm³/mol. The minimum Gasteiger partial charge on any atom is -0.477 e. The van der Waals surface area contributed by atoms with Crippen molar-refractivity contribution in [2.75, 3.05) is 5.32 Å². The van der Waals surface area contributed by atoms with Crippen molar-refractivity contribution in [1.82, 2.24) is 0 Å². The molecule has 0 saturated heterocycles. The van der Waals surface area contributed by atoms with Crippen LogP contribution in [-0.2, 0) is 6.54 Å². The van der Waals surface area contributed by atoms with Crippen molar-refractivity contribution < 1.29 is 19.2 Å². The number of carboxylic acids is 1. The van der Waals surface area contributed by atoms with E-state index in [4.69, 9.17) is 9.52 Å². The molecule has 7 nitrogen and oxygen atoms in total. The van der Waals surface area contributed by atoms with E-state index in [9.17, 15) is 14.9 Å². The second kappa shape index (κ2) is 5.21. The van der Waals surface area contributed by atoms with Crippen LogP contribution in [0.5, 0.6) is 0 Å². The normalized spacial score (nSPS) is 10.1. The Morgan fingerprint density at radius 3 is 2.79 bits per heavy atom. The molecule has 2 aromatic rings. The Labute approximate surface area is 107 Å². The minimum atomic E-state index is -1.33. The summed E-state index contributed by atoms with van der Waals surface area (Å²) in [5.74, 6) is -1.33. The third-order valence-electron chi connectivity index (χ3n) is 2.50. The summed E-state index contributed by atoms with van der Waals surface area (Å²) in [6, 6.07) is 5.63. The lowest BCUT2D eigenvalue weighted by molar-refractivity contribution is -0.385. The molecule has 1 aromatic heterocycles. The molecular weight excluding hydrogens is 252 g/mol. The standard InChI is InChI=1S/C12H10N2O5/c15-12(16)10-5-9(1-2-11(10)14(17)18)13-6-8-3-4-19-7-8/h1-5,7,13H,6H2,(H,15,16). The zero-order chi connectivity index (χ0) is 13.8. The Morgan fingerprint density at radius 1 is 1.42 bits per heavy atom. The topological polar surface area (TPSA) is 106 Å². The van der Waals surface area contributed by atoms with Gasteiger partial charge in [0, 0.05) is 23.9 Å². The van der Waals surface area contributed by atoms with Gasteiger partial charge in [0.15, 0.2) is 0 Å². The van der Waals surface area contributed by atoms with E-state index in [1.165, 1.54) is 24.5 Å². The van der Waals surface area contributed by atoms with E-state index in [-0.39, 0.29) is 5.56 Å². The van der Waals surface area contributed by atoms with Gasteiger partial charge in [-0.1, -0.05) is 0 Å². The molecule has 19 heavy (non-hydrogen) atoms. The van der Waals surface area contributed by atoms with E-state index in [0.29, 0.717) is 12.2 Å². The van der Waals surface area contributed by atoms with E-state index in [1.807, 2.05) is 0 Å². The molecule has 2 rings (SSSR count). The summed E-state index contributed by atoms with van der Waals surface area (Å²) in [6.07, 6.45) is 3.08. The molecule has 0 radical (unpaired) electrons. The number of nitro benzene ring substituents is 1. The fraction of sp³-hybridized carbons (Fsp3) is 0.0833. The number of hydrogen-bond donors (Lipinski definition) is 2. The maximum absolute atomic E-state index is 11.0. The van der Waals surface area contributed by atoms with Gasteiger partial charge in [0.25, 0.3) is 5.69 Å². The zero-order valence-electron chi connectivity index (χ0n) is 9.70. The highest BCUT2D eigenvalue weighted by molar-refractivity contribution is 5.93. The van der Waals surface area contributed by atoms with Gasteiger partial charge in [0.2, 0.25) is 0 Å². The largest absolute Gasteiger partial charge is 0.477 e. The quantitative estimate of drug-likeness (QED) is 0.633. The van der Waals surface area contributed by atoms with Crippen LogP contribution in [-0.4, -0.2) is 16.0 Å². The number of nitro groups is 1. The highest BCUT2D eigenvalue weighted by Crippen LogP contribution is 2.23. The Hall–Kier alpha value is -2.83. The molecular formula is C12H10N2O5. The Kier molecular flexibility index (Phi) is 3.46. The molecule has 0 saturated carbocycles. The molecule has 0 amide bonds. The van der Waals surface area contributed by atoms with Gasteiger partial charge in [-0.2, -0.15) is 0 Å². The van der Waals surface area contributed by atoms with Crippen LogP contribution < -0.4 is 5.32 Å². The molecule has 2 N–H and O–H groups in total. The first-order valence-electron chi connectivity index (χ1n) is 5.34. The number of carboxylic acid groups (broad SMARTS) is 1. The summed E-state index contributed by atoms with van der Waals surface area (Å²) in [4.78, 5) is 20.9. The molecule has 1 aromatic carbocycles. The molecule has 0 atom stereocenters. The van der Waals surface area contributed by atoms with Crippen molar-refractivity contribution in [3.05, 3.63) is 58.0 Å². The lowest BCUT2D eigenvalue weighted by Gasteiger charge is -2.06. The van der Waals surface area contributed by atoms with Crippen LogP contribution in [0.2, 0.25) is 0 Å². The number of rotatable bonds is 5. The van der Waals surface area contributed by atoms with E-state index < -0.39 is 16.6 Å². The van der Waals surface area contributed by atoms with Gasteiger partial charge in [-0.3, -0.25) is 10.1 Å². The number of hydrogen-bond acceptors (Lipinski definition) is 5. The summed E-state index contributed by atoms with van der Waals surface area (Å²) in [5, 5.41) is 22.6. The lowest BCUT2D eigenvalue weighted by atomic mass is 10.1. The first kappa shape index (κ1) is 12.6. The van der Waals surface area contributed by atoms with Crippen molar-refractivity contribution in [2.45, 2.75) is 6.54 Å². The number of furan rings is 1. The molecule has 98 valence electrons. The van der Waals surface area contributed by atoms with Gasteiger partial charge in [0.1, 0.15) is 5.56 Å². The number of anilines is 1. The number of aromatic carboxylic acids is 1. The highest BCUT2D eigenvalue weighted by Gasteiger charge is 2.19. The number of nitrogens with zero attached hydrogens (tertiary/aromatic N) is 1. The van der Waals surface area contributed by atoms with E-state index in [0.717, 1.165) is 5.56 Å². The summed E-state index contributed by atoms with van der Waals surface area (Å²) >= 11 is 0. The van der Waals surface area contributed by atoms with Crippen LogP contribution >= 0.6 is 0 Å². The monoisotopic (exact) mass is 262 g/mol. The Bertz CT molecular complexity index is 607. The minimum absolute atomic E-state index is 0.345. The maximum atomic E-state index is 11.0. The number of carbonyl (C=O) groups is 1. The predicted octanol–water partition coefficient (Wildman–Crippen LogP) is 2.50. The van der Waals surface area contributed by atoms with Crippen LogP contribution in [0.4, 0.5) is 11.4 Å². The van der Waals surface area contributed by atoms with Crippen molar-refractivity contribution in [1.29, 1.82) is 0 Å². The smallest absolute Gasteiger partial charge is 0.342 e. The molecule has 0 fully saturated rings. The van der Waals surface area contributed by atoms with Crippen molar-refractivity contribution in [3.63, 3.8) is 0 Å². The van der Waals surface area contributed by atoms with Gasteiger partial charge in [-0.25, -0.2) is 4.79 Å². The van der Waals surface area contributed by atoms with Gasteiger partial charge in [-0.15, -0.1) is 0 Å². The van der Waals surface area contributed by atoms with Crippen LogP contribution in [0.25, 0.3) is 0 Å². The molecule has 1 heterocycles. The lowest BCUT2D eigenvalue weighted by Crippen LogP contribution is -2.05. The van der Waals surface area contributed by atoms with Gasteiger partial charge < -0.3 is 14.8 Å². The Morgan fingerprint density at radius 2 is 2.21 bits per heavy atom. The first-order valence-corrected chi connectivity index (χ1v) is 5.34. The molecule has 0 aliphatic carbocycles. The molecule has 0 unspecified atom stereocenters. The fourth-order valence-electron chi connectivity index (χ4n) is 1.57. The fourth-order valence-corrected chi connectivity index (χ4v) is 1.57. The van der Waals surface area contributed by atoms with E-state index >= 15 is 0 Å². The molecule has 0 aliphatic heterocycles. The van der Waals surface area contributed by atoms with Gasteiger partial charge in [0.05, 0.1) is 17.4 Å². The van der Waals surface area contributed by atoms with E-state index in [1.54, 1.807) is 12.3 Å². The molecule has 0 spiro atoms. The molecule has 7 heteroatoms. The van der Waals surface area contributed by atoms with Crippen LogP contribution in [0.3, 0.4) is 0 Å². The van der Waals surface area contributed by atoms with Crippen molar-refractivity contribution >= 4 is 17.3 Å². The number of benzene rings is 1. The first-order chi connectivity index (χ1) is 9.08. The average molecular weight is 262 g/mol. The maximum Gasteiger partial charge on any atom is 0.342 e. The van der Waals surface area contributed by atoms with Gasteiger partial charge in [-0.05, 0) is 18.2 Å². The third-order valence-corrected chi connectivity index (χ3v) is 2.50. The van der Waals surface area contributed by atoms with Gasteiger partial charge >= 0.3 is 5.97 Å². The second-order valence-corrected chi connectivity index (χ2v) is 3.78. The molecule has 0 aliphatic rings. The third kappa shape index (κ3) is 2.89. The summed E-state index contributed by atoms with van der Waals surface area (Å²) in [6.45, 7) is 0.438. The Balaban J connectivity index is 2.20. The SMILES string of the molecule is O=C(O)c1cc(NCc2ccoc2)ccc1[N+](=O)[O-]. The zero-order valence-corrected chi connectivity index (χ0v) is 9.70. The van der Waals surface area contributed by atoms with Crippen molar-refractivity contribution in [2.24, 2.45) is 0 Å². The summed E-state index contributed by atoms with van der Waals surface area (Å²) in [7, 11) is 0. The van der Waals surface area contributed by atoms with Crippen LogP contribution in [0.15, 0.2) is 41.2 Å². The van der Waals surface area contributed by atoms with Crippen LogP contribution in [0, 0.1) is 10.1 Å². The summed E-state index contributed by atoms with van der Waals surface area (Å²) < 4.78 is 4.89. The average Bonchev–Trinajstić information content (AvgIpc) is 2.88.